The molecule has 0 unspecified atom stereocenters. The lowest BCUT2D eigenvalue weighted by atomic mass is 9.96. The van der Waals surface area contributed by atoms with Crippen LogP contribution in [-0.2, 0) is 4.79 Å². The summed E-state index contributed by atoms with van der Waals surface area (Å²) in [6.45, 7) is 8.20. The zero-order chi connectivity index (χ0) is 20.4. The highest BCUT2D eigenvalue weighted by atomic mass is 35.5. The third-order valence-corrected chi connectivity index (χ3v) is 5.88. The highest BCUT2D eigenvalue weighted by Gasteiger charge is 2.24. The number of methoxy groups -OCH3 is 1. The molecule has 1 amide bonds. The van der Waals surface area contributed by atoms with E-state index in [-0.39, 0.29) is 5.91 Å². The first-order valence-corrected chi connectivity index (χ1v) is 10.2. The molecule has 0 atom stereocenters. The topological polar surface area (TPSA) is 50.7 Å². The van der Waals surface area contributed by atoms with Crippen LogP contribution in [0.4, 0.5) is 5.69 Å². The monoisotopic (exact) mass is 414 g/mol. The van der Waals surface area contributed by atoms with E-state index in [1.165, 1.54) is 11.8 Å². The van der Waals surface area contributed by atoms with Crippen LogP contribution in [0.25, 0.3) is 6.08 Å². The molecule has 6 heteroatoms. The van der Waals surface area contributed by atoms with E-state index >= 15 is 0 Å². The molecule has 1 N–H and O–H groups in total. The molecule has 28 heavy (non-hydrogen) atoms. The lowest BCUT2D eigenvalue weighted by Gasteiger charge is -2.14. The third kappa shape index (κ3) is 4.42. The van der Waals surface area contributed by atoms with Crippen molar-refractivity contribution in [3.8, 4) is 5.75 Å². The zero-order valence-electron chi connectivity index (χ0n) is 16.6. The number of hydrogen-bond donors (Lipinski definition) is 1. The number of amides is 1. The Kier molecular flexibility index (Phi) is 6.16. The minimum Gasteiger partial charge on any atom is -0.496 e. The van der Waals surface area contributed by atoms with Crippen molar-refractivity contribution in [3.05, 3.63) is 62.5 Å². The molecule has 0 saturated carbocycles. The molecule has 1 aliphatic rings. The van der Waals surface area contributed by atoms with Crippen molar-refractivity contribution in [1.29, 1.82) is 0 Å². The molecule has 1 saturated heterocycles. The van der Waals surface area contributed by atoms with Gasteiger partial charge in [0.25, 0.3) is 5.91 Å². The van der Waals surface area contributed by atoms with E-state index in [2.05, 4.69) is 30.2 Å². The summed E-state index contributed by atoms with van der Waals surface area (Å²) in [5.74, 6) is 1.04. The molecule has 1 aliphatic heterocycles. The molecule has 146 valence electrons. The lowest BCUT2D eigenvalue weighted by molar-refractivity contribution is -0.115. The number of ether oxygens (including phenoxy) is 1. The van der Waals surface area contributed by atoms with Crippen molar-refractivity contribution in [2.24, 2.45) is 4.99 Å². The summed E-state index contributed by atoms with van der Waals surface area (Å²) in [5.41, 5.74) is 4.87. The van der Waals surface area contributed by atoms with E-state index in [0.717, 1.165) is 28.0 Å². The van der Waals surface area contributed by atoms with Crippen molar-refractivity contribution in [1.82, 2.24) is 5.32 Å². The largest absolute Gasteiger partial charge is 0.496 e. The van der Waals surface area contributed by atoms with Crippen LogP contribution in [0.3, 0.4) is 0 Å². The molecular formula is C22H23ClN2O2S. The molecule has 0 bridgehead atoms. The van der Waals surface area contributed by atoms with Gasteiger partial charge in [0.1, 0.15) is 5.75 Å². The van der Waals surface area contributed by atoms with Crippen molar-refractivity contribution in [3.63, 3.8) is 0 Å². The summed E-state index contributed by atoms with van der Waals surface area (Å²) >= 11 is 7.49. The second-order valence-electron chi connectivity index (χ2n) is 7.02. The smallest absolute Gasteiger partial charge is 0.264 e. The van der Waals surface area contributed by atoms with Gasteiger partial charge in [-0.3, -0.25) is 4.79 Å². The van der Waals surface area contributed by atoms with Gasteiger partial charge >= 0.3 is 0 Å². The van der Waals surface area contributed by atoms with E-state index in [1.54, 1.807) is 13.2 Å². The van der Waals surface area contributed by atoms with Gasteiger partial charge in [0, 0.05) is 5.02 Å². The summed E-state index contributed by atoms with van der Waals surface area (Å²) in [7, 11) is 1.68. The SMILES string of the molecule is COc1cc(C)c(/C=C2\SC(=Nc3ccc(C)c(Cl)c3)NC2=O)cc1C(C)C. The lowest BCUT2D eigenvalue weighted by Crippen LogP contribution is -2.19. The molecule has 2 aromatic rings. The summed E-state index contributed by atoms with van der Waals surface area (Å²) in [6, 6.07) is 9.69. The average molecular weight is 415 g/mol. The summed E-state index contributed by atoms with van der Waals surface area (Å²) in [6.07, 6.45) is 1.91. The first-order valence-electron chi connectivity index (χ1n) is 9.02. The molecule has 0 aliphatic carbocycles. The van der Waals surface area contributed by atoms with Crippen molar-refractivity contribution < 1.29 is 9.53 Å². The Balaban J connectivity index is 1.91. The van der Waals surface area contributed by atoms with E-state index in [4.69, 9.17) is 16.3 Å². The standard InChI is InChI=1S/C22H23ClN2O2S/c1-12(2)17-9-15(14(4)8-19(17)27-5)10-20-21(26)25-22(28-20)24-16-7-6-13(3)18(23)11-16/h6-12H,1-5H3,(H,24,25,26)/b20-10-. The first-order chi connectivity index (χ1) is 13.3. The third-order valence-electron chi connectivity index (χ3n) is 4.56. The van der Waals surface area contributed by atoms with Crippen molar-refractivity contribution >= 4 is 46.2 Å². The van der Waals surface area contributed by atoms with Gasteiger partial charge in [-0.05, 0) is 84.1 Å². The van der Waals surface area contributed by atoms with Gasteiger partial charge in [-0.15, -0.1) is 0 Å². The molecule has 0 radical (unpaired) electrons. The molecule has 0 aromatic heterocycles. The van der Waals surface area contributed by atoms with Crippen molar-refractivity contribution in [2.45, 2.75) is 33.6 Å². The van der Waals surface area contributed by atoms with Crippen LogP contribution in [0.5, 0.6) is 5.75 Å². The normalized spacial score (nSPS) is 16.9. The summed E-state index contributed by atoms with van der Waals surface area (Å²) in [5, 5.41) is 4.03. The van der Waals surface area contributed by atoms with Gasteiger partial charge in [0.2, 0.25) is 0 Å². The van der Waals surface area contributed by atoms with Crippen LogP contribution in [0, 0.1) is 13.8 Å². The fraction of sp³-hybridized carbons (Fsp3) is 0.273. The van der Waals surface area contributed by atoms with Crippen LogP contribution in [-0.4, -0.2) is 18.2 Å². The molecule has 2 aromatic carbocycles. The van der Waals surface area contributed by atoms with Crippen LogP contribution in [0.15, 0.2) is 40.2 Å². The van der Waals surface area contributed by atoms with E-state index in [1.807, 2.05) is 38.1 Å². The van der Waals surface area contributed by atoms with Gasteiger partial charge in [-0.1, -0.05) is 31.5 Å². The number of aliphatic imine (C=N–C) groups is 1. The number of carbonyl (C=O) groups is 1. The van der Waals surface area contributed by atoms with Gasteiger partial charge in [0.15, 0.2) is 5.17 Å². The quantitative estimate of drug-likeness (QED) is 0.626. The second-order valence-corrected chi connectivity index (χ2v) is 8.46. The highest BCUT2D eigenvalue weighted by molar-refractivity contribution is 8.18. The number of nitrogens with zero attached hydrogens (tertiary/aromatic N) is 1. The predicted octanol–water partition coefficient (Wildman–Crippen LogP) is 5.98. The minimum atomic E-state index is -0.150. The van der Waals surface area contributed by atoms with Gasteiger partial charge < -0.3 is 10.1 Å². The maximum Gasteiger partial charge on any atom is 0.264 e. The maximum atomic E-state index is 12.4. The average Bonchev–Trinajstić information content (AvgIpc) is 2.98. The summed E-state index contributed by atoms with van der Waals surface area (Å²) < 4.78 is 5.50. The highest BCUT2D eigenvalue weighted by Crippen LogP contribution is 2.33. The number of aryl methyl sites for hydroxylation is 2. The number of rotatable bonds is 4. The second kappa shape index (κ2) is 8.41. The first kappa shape index (κ1) is 20.5. The molecule has 3 rings (SSSR count). The fourth-order valence-corrected chi connectivity index (χ4v) is 3.90. The van der Waals surface area contributed by atoms with Gasteiger partial charge in [-0.2, -0.15) is 0 Å². The number of carbonyl (C=O) groups excluding carboxylic acids is 1. The molecule has 4 nitrogen and oxygen atoms in total. The number of amidine groups is 1. The van der Waals surface area contributed by atoms with Gasteiger partial charge in [0.05, 0.1) is 17.7 Å². The Bertz CT molecular complexity index is 996. The Morgan fingerprint density at radius 3 is 2.57 bits per heavy atom. The number of halogens is 1. The van der Waals surface area contributed by atoms with E-state index < -0.39 is 0 Å². The Hall–Kier alpha value is -2.24. The van der Waals surface area contributed by atoms with Crippen LogP contribution >= 0.6 is 23.4 Å². The number of benzene rings is 2. The number of thioether (sulfide) groups is 1. The Morgan fingerprint density at radius 1 is 1.18 bits per heavy atom. The molecule has 1 fully saturated rings. The Morgan fingerprint density at radius 2 is 1.93 bits per heavy atom. The molecule has 0 spiro atoms. The van der Waals surface area contributed by atoms with Crippen LogP contribution < -0.4 is 10.1 Å². The van der Waals surface area contributed by atoms with E-state index in [9.17, 15) is 4.79 Å². The predicted molar refractivity (Wildman–Crippen MR) is 119 cm³/mol. The number of hydrogen-bond acceptors (Lipinski definition) is 4. The fourth-order valence-electron chi connectivity index (χ4n) is 2.89. The number of nitrogens with one attached hydrogen (secondary N) is 1. The Labute approximate surface area is 175 Å². The maximum absolute atomic E-state index is 12.4. The van der Waals surface area contributed by atoms with Crippen LogP contribution in [0.1, 0.15) is 42.0 Å². The van der Waals surface area contributed by atoms with E-state index in [0.29, 0.717) is 26.7 Å². The van der Waals surface area contributed by atoms with Crippen LogP contribution in [0.2, 0.25) is 5.02 Å². The summed E-state index contributed by atoms with van der Waals surface area (Å²) in [4.78, 5) is 17.5. The molecule has 1 heterocycles. The zero-order valence-corrected chi connectivity index (χ0v) is 18.2. The minimum absolute atomic E-state index is 0.150. The van der Waals surface area contributed by atoms with Gasteiger partial charge in [-0.25, -0.2) is 4.99 Å². The molecular weight excluding hydrogens is 392 g/mol. The van der Waals surface area contributed by atoms with Crippen molar-refractivity contribution in [2.75, 3.05) is 7.11 Å².